The van der Waals surface area contributed by atoms with Crippen LogP contribution < -0.4 is 0 Å². The first-order valence-electron chi connectivity index (χ1n) is 9.58. The summed E-state index contributed by atoms with van der Waals surface area (Å²) >= 11 is 1.75. The second kappa shape index (κ2) is 8.03. The molecule has 28 heavy (non-hydrogen) atoms. The summed E-state index contributed by atoms with van der Waals surface area (Å²) in [5, 5.41) is 2.10. The molecule has 1 amide bonds. The molecule has 0 bridgehead atoms. The van der Waals surface area contributed by atoms with Crippen LogP contribution in [0, 0.1) is 6.92 Å². The first-order valence-corrected chi connectivity index (χ1v) is 10.5. The van der Waals surface area contributed by atoms with E-state index in [1.165, 1.54) is 4.88 Å². The zero-order valence-electron chi connectivity index (χ0n) is 16.6. The number of ether oxygens (including phenoxy) is 1. The van der Waals surface area contributed by atoms with E-state index in [9.17, 15) is 4.79 Å². The molecule has 1 saturated heterocycles. The number of hydrogen-bond donors (Lipinski definition) is 0. The quantitative estimate of drug-likeness (QED) is 0.663. The normalized spacial score (nSPS) is 16.4. The maximum absolute atomic E-state index is 13.1. The molecule has 1 fully saturated rings. The lowest BCUT2D eigenvalue weighted by Crippen LogP contribution is -2.44. The first kappa shape index (κ1) is 19.1. The Balaban J connectivity index is 1.55. The number of amides is 1. The van der Waals surface area contributed by atoms with Crippen molar-refractivity contribution in [3.05, 3.63) is 52.0 Å². The average Bonchev–Trinajstić information content (AvgIpc) is 3.34. The van der Waals surface area contributed by atoms with Crippen LogP contribution in [0.5, 0.6) is 0 Å². The van der Waals surface area contributed by atoms with Crippen LogP contribution >= 0.6 is 11.3 Å². The molecule has 0 saturated carbocycles. The van der Waals surface area contributed by atoms with Gasteiger partial charge in [-0.2, -0.15) is 0 Å². The summed E-state index contributed by atoms with van der Waals surface area (Å²) in [6.45, 7) is 5.90. The fourth-order valence-corrected chi connectivity index (χ4v) is 4.62. The molecule has 4 rings (SSSR count). The summed E-state index contributed by atoms with van der Waals surface area (Å²) in [6.07, 6.45) is 0. The second-order valence-electron chi connectivity index (χ2n) is 7.29. The van der Waals surface area contributed by atoms with Gasteiger partial charge in [-0.05, 0) is 36.6 Å². The lowest BCUT2D eigenvalue weighted by Gasteiger charge is -2.36. The van der Waals surface area contributed by atoms with Gasteiger partial charge in [0.1, 0.15) is 5.82 Å². The molecule has 0 spiro atoms. The Kier molecular flexibility index (Phi) is 5.48. The van der Waals surface area contributed by atoms with Crippen molar-refractivity contribution in [2.75, 3.05) is 39.9 Å². The molecule has 0 aliphatic carbocycles. The SMILES string of the molecule is Cc1nc2cc(C(=O)N(C)CC(c3cccs3)N3CCOCC3)ccc2n1C. The van der Waals surface area contributed by atoms with Crippen LogP contribution in [0.1, 0.15) is 27.1 Å². The molecule has 3 aromatic rings. The van der Waals surface area contributed by atoms with Crippen LogP contribution in [0.4, 0.5) is 0 Å². The van der Waals surface area contributed by atoms with Gasteiger partial charge in [-0.25, -0.2) is 4.98 Å². The number of aryl methyl sites for hydroxylation is 2. The molecule has 148 valence electrons. The van der Waals surface area contributed by atoms with Crippen molar-refractivity contribution in [3.63, 3.8) is 0 Å². The predicted octanol–water partition coefficient (Wildman–Crippen LogP) is 3.09. The highest BCUT2D eigenvalue weighted by Gasteiger charge is 2.26. The summed E-state index contributed by atoms with van der Waals surface area (Å²) in [5.41, 5.74) is 2.59. The molecular weight excluding hydrogens is 372 g/mol. The van der Waals surface area contributed by atoms with E-state index in [1.807, 2.05) is 48.7 Å². The first-order chi connectivity index (χ1) is 13.5. The van der Waals surface area contributed by atoms with Crippen LogP contribution in [-0.2, 0) is 11.8 Å². The topological polar surface area (TPSA) is 50.6 Å². The Morgan fingerprint density at radius 1 is 1.32 bits per heavy atom. The van der Waals surface area contributed by atoms with E-state index in [-0.39, 0.29) is 11.9 Å². The minimum Gasteiger partial charge on any atom is -0.379 e. The number of carbonyl (C=O) groups excluding carboxylic acids is 1. The number of morpholine rings is 1. The lowest BCUT2D eigenvalue weighted by molar-refractivity contribution is 0.0104. The van der Waals surface area contributed by atoms with E-state index in [2.05, 4.69) is 27.4 Å². The third-order valence-corrected chi connectivity index (χ3v) is 6.48. The molecule has 1 atom stereocenters. The summed E-state index contributed by atoms with van der Waals surface area (Å²) in [4.78, 5) is 23.2. The second-order valence-corrected chi connectivity index (χ2v) is 8.27. The van der Waals surface area contributed by atoms with Crippen LogP contribution in [0.15, 0.2) is 35.7 Å². The largest absolute Gasteiger partial charge is 0.379 e. The van der Waals surface area contributed by atoms with Crippen LogP contribution in [-0.4, -0.2) is 65.2 Å². The van der Waals surface area contributed by atoms with Crippen LogP contribution in [0.25, 0.3) is 11.0 Å². The van der Waals surface area contributed by atoms with Crippen LogP contribution in [0.3, 0.4) is 0 Å². The fourth-order valence-electron chi connectivity index (χ4n) is 3.77. The van der Waals surface area contributed by atoms with Gasteiger partial charge in [0.25, 0.3) is 5.91 Å². The third-order valence-electron chi connectivity index (χ3n) is 5.50. The minimum absolute atomic E-state index is 0.0278. The van der Waals surface area contributed by atoms with Gasteiger partial charge in [-0.1, -0.05) is 6.07 Å². The van der Waals surface area contributed by atoms with Gasteiger partial charge in [0.2, 0.25) is 0 Å². The molecule has 3 heterocycles. The van der Waals surface area contributed by atoms with Crippen molar-refractivity contribution in [1.29, 1.82) is 0 Å². The smallest absolute Gasteiger partial charge is 0.253 e. The summed E-state index contributed by atoms with van der Waals surface area (Å²) in [5.74, 6) is 0.970. The van der Waals surface area contributed by atoms with Crippen molar-refractivity contribution < 1.29 is 9.53 Å². The molecule has 2 aromatic heterocycles. The van der Waals surface area contributed by atoms with Gasteiger partial charge in [0.15, 0.2) is 0 Å². The van der Waals surface area contributed by atoms with Crippen molar-refractivity contribution in [2.45, 2.75) is 13.0 Å². The number of imidazole rings is 1. The number of rotatable bonds is 5. The minimum atomic E-state index is 0.0278. The monoisotopic (exact) mass is 398 g/mol. The number of thiophene rings is 1. The standard InChI is InChI=1S/C21H26N4O2S/c1-15-22-17-13-16(6-7-18(17)24(15)3)21(26)23(2)14-19(20-5-4-12-28-20)25-8-10-27-11-9-25/h4-7,12-13,19H,8-11,14H2,1-3H3. The number of hydrogen-bond acceptors (Lipinski definition) is 5. The third kappa shape index (κ3) is 3.70. The molecule has 0 N–H and O–H groups in total. The van der Waals surface area contributed by atoms with E-state index >= 15 is 0 Å². The van der Waals surface area contributed by atoms with Crippen molar-refractivity contribution in [1.82, 2.24) is 19.4 Å². The lowest BCUT2D eigenvalue weighted by atomic mass is 10.1. The van der Waals surface area contributed by atoms with E-state index in [0.717, 1.165) is 43.2 Å². The molecule has 1 aromatic carbocycles. The molecule has 1 aliphatic heterocycles. The van der Waals surface area contributed by atoms with Crippen LogP contribution in [0.2, 0.25) is 0 Å². The number of carbonyl (C=O) groups is 1. The van der Waals surface area contributed by atoms with Crippen molar-refractivity contribution in [2.24, 2.45) is 7.05 Å². The number of aromatic nitrogens is 2. The molecular formula is C21H26N4O2S. The maximum Gasteiger partial charge on any atom is 0.253 e. The van der Waals surface area contributed by atoms with E-state index in [4.69, 9.17) is 4.74 Å². The van der Waals surface area contributed by atoms with Gasteiger partial charge < -0.3 is 14.2 Å². The van der Waals surface area contributed by atoms with Gasteiger partial charge in [-0.15, -0.1) is 11.3 Å². The van der Waals surface area contributed by atoms with Gasteiger partial charge in [-0.3, -0.25) is 9.69 Å². The highest BCUT2D eigenvalue weighted by Crippen LogP contribution is 2.27. The molecule has 1 aliphatic rings. The molecule has 0 radical (unpaired) electrons. The number of likely N-dealkylation sites (N-methyl/N-ethyl adjacent to an activating group) is 1. The number of benzene rings is 1. The van der Waals surface area contributed by atoms with E-state index in [0.29, 0.717) is 12.1 Å². The highest BCUT2D eigenvalue weighted by atomic mass is 32.1. The van der Waals surface area contributed by atoms with E-state index in [1.54, 1.807) is 11.3 Å². The molecule has 1 unspecified atom stereocenters. The Bertz CT molecular complexity index is 960. The number of nitrogens with zero attached hydrogens (tertiary/aromatic N) is 4. The molecule has 6 nitrogen and oxygen atoms in total. The Labute approximate surface area is 169 Å². The zero-order chi connectivity index (χ0) is 19.7. The Hall–Kier alpha value is -2.22. The maximum atomic E-state index is 13.1. The van der Waals surface area contributed by atoms with Gasteiger partial charge >= 0.3 is 0 Å². The van der Waals surface area contributed by atoms with E-state index < -0.39 is 0 Å². The van der Waals surface area contributed by atoms with Crippen molar-refractivity contribution in [3.8, 4) is 0 Å². The highest BCUT2D eigenvalue weighted by molar-refractivity contribution is 7.10. The summed E-state index contributed by atoms with van der Waals surface area (Å²) in [7, 11) is 3.88. The zero-order valence-corrected chi connectivity index (χ0v) is 17.4. The van der Waals surface area contributed by atoms with Crippen molar-refractivity contribution >= 4 is 28.3 Å². The fraction of sp³-hybridized carbons (Fsp3) is 0.429. The van der Waals surface area contributed by atoms with Gasteiger partial charge in [0.05, 0.1) is 30.3 Å². The molecule has 7 heteroatoms. The Morgan fingerprint density at radius 3 is 2.82 bits per heavy atom. The summed E-state index contributed by atoms with van der Waals surface area (Å²) in [6, 6.07) is 10.2. The predicted molar refractivity (Wildman–Crippen MR) is 112 cm³/mol. The average molecular weight is 399 g/mol. The Morgan fingerprint density at radius 2 is 2.11 bits per heavy atom. The summed E-state index contributed by atoms with van der Waals surface area (Å²) < 4.78 is 7.55. The van der Waals surface area contributed by atoms with Gasteiger partial charge in [0, 0.05) is 44.2 Å². The number of fused-ring (bicyclic) bond motifs is 1.